The van der Waals surface area contributed by atoms with E-state index in [-0.39, 0.29) is 17.9 Å². The Labute approximate surface area is 249 Å². The van der Waals surface area contributed by atoms with E-state index in [2.05, 4.69) is 53.7 Å². The first-order chi connectivity index (χ1) is 20.0. The van der Waals surface area contributed by atoms with Gasteiger partial charge in [0.15, 0.2) is 0 Å². The van der Waals surface area contributed by atoms with Crippen molar-refractivity contribution >= 4 is 17.6 Å². The van der Waals surface area contributed by atoms with E-state index < -0.39 is 11.1 Å². The minimum absolute atomic E-state index is 0.0319. The van der Waals surface area contributed by atoms with Crippen LogP contribution in [0.5, 0.6) is 0 Å². The van der Waals surface area contributed by atoms with Gasteiger partial charge >= 0.3 is 0 Å². The Bertz CT molecular complexity index is 1390. The zero-order chi connectivity index (χ0) is 29.9. The number of nitrogens with two attached hydrogens (primary N) is 1. The van der Waals surface area contributed by atoms with Gasteiger partial charge in [0.25, 0.3) is 0 Å². The normalized spacial score (nSPS) is 25.5. The van der Waals surface area contributed by atoms with Gasteiger partial charge < -0.3 is 21.5 Å². The van der Waals surface area contributed by atoms with E-state index in [1.165, 1.54) is 0 Å². The lowest BCUT2D eigenvalue weighted by Crippen LogP contribution is -2.58. The highest BCUT2D eigenvalue weighted by Gasteiger charge is 2.49. The number of nitrogens with zero attached hydrogens (tertiary/aromatic N) is 1. The van der Waals surface area contributed by atoms with Gasteiger partial charge in [-0.15, -0.1) is 0 Å². The van der Waals surface area contributed by atoms with Gasteiger partial charge in [-0.25, -0.2) is 4.98 Å². The monoisotopic (exact) mass is 568 g/mol. The Balaban J connectivity index is 1.25. The third kappa shape index (κ3) is 7.26. The highest BCUT2D eigenvalue weighted by atomic mass is 16.3. The van der Waals surface area contributed by atoms with Gasteiger partial charge in [-0.3, -0.25) is 9.59 Å². The molecule has 0 atom stereocenters. The van der Waals surface area contributed by atoms with Crippen molar-refractivity contribution in [1.29, 1.82) is 0 Å². The molecule has 2 aliphatic carbocycles. The average Bonchev–Trinajstić information content (AvgIpc) is 2.93. The number of nitrogens with one attached hydrogen (secondary N) is 2. The van der Waals surface area contributed by atoms with Crippen molar-refractivity contribution in [3.05, 3.63) is 72.4 Å². The lowest BCUT2D eigenvalue weighted by atomic mass is 9.63. The minimum Gasteiger partial charge on any atom is -0.390 e. The maximum atomic E-state index is 13.0. The topological polar surface area (TPSA) is 117 Å². The van der Waals surface area contributed by atoms with Crippen molar-refractivity contribution in [2.75, 3.05) is 5.32 Å². The maximum Gasteiger partial charge on any atom is 0.225 e. The predicted molar refractivity (Wildman–Crippen MR) is 167 cm³/mol. The van der Waals surface area contributed by atoms with Gasteiger partial charge in [-0.2, -0.15) is 0 Å². The van der Waals surface area contributed by atoms with Crippen LogP contribution in [0.4, 0.5) is 5.82 Å². The van der Waals surface area contributed by atoms with Gasteiger partial charge in [0, 0.05) is 36.2 Å². The number of hydrogen-bond donors (Lipinski definition) is 4. The summed E-state index contributed by atoms with van der Waals surface area (Å²) in [6.07, 6.45) is 7.60. The molecule has 0 unspecified atom stereocenters. The summed E-state index contributed by atoms with van der Waals surface area (Å²) in [7, 11) is 0. The molecule has 7 nitrogen and oxygen atoms in total. The van der Waals surface area contributed by atoms with Gasteiger partial charge in [-0.05, 0) is 85.6 Å². The molecule has 2 saturated carbocycles. The minimum atomic E-state index is -0.706. The van der Waals surface area contributed by atoms with Crippen LogP contribution in [-0.4, -0.2) is 33.5 Å². The molecule has 2 aromatic carbocycles. The summed E-state index contributed by atoms with van der Waals surface area (Å²) < 4.78 is 0. The van der Waals surface area contributed by atoms with Crippen molar-refractivity contribution in [2.45, 2.75) is 89.3 Å². The fourth-order valence-corrected chi connectivity index (χ4v) is 6.73. The number of carbonyl (C=O) groups is 2. The molecule has 2 aliphatic rings. The van der Waals surface area contributed by atoms with E-state index in [1.807, 2.05) is 49.5 Å². The summed E-state index contributed by atoms with van der Waals surface area (Å²) in [5.74, 6) is 1.29. The number of pyridine rings is 1. The SMILES string of the molecule is CC(C)CC(=O)NC1CCC(CC(=O)Nc2cc(-c3ccccc3)c(-c3ccc(C4(N)CC(C)(O)C4)cc3)cn2)CC1. The summed E-state index contributed by atoms with van der Waals surface area (Å²) in [4.78, 5) is 29.8. The van der Waals surface area contributed by atoms with Crippen molar-refractivity contribution in [3.8, 4) is 22.3 Å². The molecule has 5 N–H and O–H groups in total. The third-order valence-electron chi connectivity index (χ3n) is 8.70. The highest BCUT2D eigenvalue weighted by molar-refractivity contribution is 5.92. The molecule has 3 aromatic rings. The third-order valence-corrected chi connectivity index (χ3v) is 8.70. The second-order valence-corrected chi connectivity index (χ2v) is 13.2. The second kappa shape index (κ2) is 12.4. The maximum absolute atomic E-state index is 13.0. The molecule has 0 bridgehead atoms. The van der Waals surface area contributed by atoms with Crippen molar-refractivity contribution in [2.24, 2.45) is 17.6 Å². The molecule has 1 aromatic heterocycles. The molecular formula is C35H44N4O3. The Kier molecular flexibility index (Phi) is 8.81. The number of aromatic nitrogens is 1. The van der Waals surface area contributed by atoms with Gasteiger partial charge in [-0.1, -0.05) is 68.4 Å². The first-order valence-electron chi connectivity index (χ1n) is 15.3. The smallest absolute Gasteiger partial charge is 0.225 e. The van der Waals surface area contributed by atoms with Crippen LogP contribution in [0.15, 0.2) is 66.9 Å². The fourth-order valence-electron chi connectivity index (χ4n) is 6.73. The molecule has 2 amide bonds. The molecule has 0 saturated heterocycles. The van der Waals surface area contributed by atoms with E-state index in [9.17, 15) is 14.7 Å². The Morgan fingerprint density at radius 1 is 0.952 bits per heavy atom. The summed E-state index contributed by atoms with van der Waals surface area (Å²) in [5.41, 5.74) is 10.4. The standard InChI is InChI=1S/C35H44N4O3/c1-23(2)17-32(40)38-28-15-9-24(10-16-28)18-33(41)39-31-19-29(25-7-5-4-6-8-25)30(20-37-31)26-11-13-27(14-12-26)35(36)21-34(3,42)22-35/h4-8,11-14,19-20,23-24,28,42H,9-10,15-18,21-22,36H2,1-3H3,(H,38,40)(H,37,39,41). The zero-order valence-electron chi connectivity index (χ0n) is 25.0. The largest absolute Gasteiger partial charge is 0.390 e. The number of amides is 2. The van der Waals surface area contributed by atoms with E-state index in [1.54, 1.807) is 0 Å². The first-order valence-corrected chi connectivity index (χ1v) is 15.3. The summed E-state index contributed by atoms with van der Waals surface area (Å²) in [6.45, 7) is 5.93. The lowest BCUT2D eigenvalue weighted by molar-refractivity contribution is -0.123. The van der Waals surface area contributed by atoms with Crippen LogP contribution >= 0.6 is 0 Å². The molecule has 2 fully saturated rings. The first kappa shape index (κ1) is 29.9. The van der Waals surface area contributed by atoms with Crippen LogP contribution in [0.2, 0.25) is 0 Å². The van der Waals surface area contributed by atoms with Crippen molar-refractivity contribution < 1.29 is 14.7 Å². The van der Waals surface area contributed by atoms with Crippen molar-refractivity contribution in [3.63, 3.8) is 0 Å². The molecular weight excluding hydrogens is 524 g/mol. The van der Waals surface area contributed by atoms with E-state index >= 15 is 0 Å². The van der Waals surface area contributed by atoms with E-state index in [0.29, 0.717) is 43.3 Å². The van der Waals surface area contributed by atoms with Gasteiger partial charge in [0.05, 0.1) is 5.60 Å². The van der Waals surface area contributed by atoms with Crippen LogP contribution in [0, 0.1) is 11.8 Å². The van der Waals surface area contributed by atoms with Gasteiger partial charge in [0.2, 0.25) is 11.8 Å². The zero-order valence-corrected chi connectivity index (χ0v) is 25.0. The number of aliphatic hydroxyl groups is 1. The van der Waals surface area contributed by atoms with Crippen LogP contribution in [0.3, 0.4) is 0 Å². The summed E-state index contributed by atoms with van der Waals surface area (Å²) in [6, 6.07) is 20.5. The van der Waals surface area contributed by atoms with Crippen LogP contribution in [-0.2, 0) is 15.1 Å². The number of benzene rings is 2. The summed E-state index contributed by atoms with van der Waals surface area (Å²) in [5, 5.41) is 16.4. The van der Waals surface area contributed by atoms with Crippen LogP contribution < -0.4 is 16.4 Å². The Hall–Kier alpha value is -3.55. The van der Waals surface area contributed by atoms with E-state index in [0.717, 1.165) is 53.5 Å². The van der Waals surface area contributed by atoms with E-state index in [4.69, 9.17) is 5.73 Å². The van der Waals surface area contributed by atoms with Crippen molar-refractivity contribution in [1.82, 2.24) is 10.3 Å². The quantitative estimate of drug-likeness (QED) is 0.246. The van der Waals surface area contributed by atoms with Crippen LogP contribution in [0.25, 0.3) is 22.3 Å². The van der Waals surface area contributed by atoms with Crippen LogP contribution in [0.1, 0.15) is 77.7 Å². The molecule has 222 valence electrons. The Morgan fingerprint density at radius 3 is 2.21 bits per heavy atom. The molecule has 0 aliphatic heterocycles. The fraction of sp³-hybridized carbons (Fsp3) is 0.457. The molecule has 42 heavy (non-hydrogen) atoms. The second-order valence-electron chi connectivity index (χ2n) is 13.2. The highest BCUT2D eigenvalue weighted by Crippen LogP contribution is 2.46. The molecule has 0 radical (unpaired) electrons. The molecule has 1 heterocycles. The lowest BCUT2D eigenvalue weighted by Gasteiger charge is -2.49. The predicted octanol–water partition coefficient (Wildman–Crippen LogP) is 6.16. The number of hydrogen-bond acceptors (Lipinski definition) is 5. The number of anilines is 1. The molecule has 0 spiro atoms. The number of rotatable bonds is 9. The van der Waals surface area contributed by atoms with Gasteiger partial charge in [0.1, 0.15) is 5.82 Å². The molecule has 5 rings (SSSR count). The average molecular weight is 569 g/mol. The number of carbonyl (C=O) groups excluding carboxylic acids is 2. The molecule has 7 heteroatoms. The Morgan fingerprint density at radius 2 is 1.60 bits per heavy atom. The summed E-state index contributed by atoms with van der Waals surface area (Å²) >= 11 is 0.